The van der Waals surface area contributed by atoms with Crippen molar-refractivity contribution in [2.45, 2.75) is 62.5 Å². The second kappa shape index (κ2) is 12.2. The van der Waals surface area contributed by atoms with Crippen LogP contribution < -0.4 is 10.1 Å². The highest BCUT2D eigenvalue weighted by molar-refractivity contribution is 7.99. The van der Waals surface area contributed by atoms with Crippen LogP contribution in [0.3, 0.4) is 0 Å². The number of fused-ring (bicyclic) bond motifs is 1. The summed E-state index contributed by atoms with van der Waals surface area (Å²) in [6.07, 6.45) is 5.93. The van der Waals surface area contributed by atoms with Crippen molar-refractivity contribution < 1.29 is 19.4 Å². The van der Waals surface area contributed by atoms with E-state index < -0.39 is 22.7 Å². The van der Waals surface area contributed by atoms with Gasteiger partial charge in [-0.05, 0) is 55.7 Å². The van der Waals surface area contributed by atoms with Crippen LogP contribution in [0.25, 0.3) is 10.8 Å². The van der Waals surface area contributed by atoms with Gasteiger partial charge in [-0.1, -0.05) is 79.4 Å². The van der Waals surface area contributed by atoms with Crippen LogP contribution in [0.1, 0.15) is 61.9 Å². The van der Waals surface area contributed by atoms with Crippen molar-refractivity contribution in [3.8, 4) is 5.75 Å². The molecule has 7 heteroatoms. The number of hydrogen-bond acceptors (Lipinski definition) is 4. The summed E-state index contributed by atoms with van der Waals surface area (Å²) in [5.41, 5.74) is 1.28. The maximum atomic E-state index is 13.6. The molecule has 0 aliphatic heterocycles. The number of amides is 1. The van der Waals surface area contributed by atoms with Crippen LogP contribution in [0.5, 0.6) is 5.75 Å². The lowest BCUT2D eigenvalue weighted by Crippen LogP contribution is -2.52. The van der Waals surface area contributed by atoms with Crippen molar-refractivity contribution in [2.24, 2.45) is 5.92 Å². The molecule has 1 aliphatic carbocycles. The minimum atomic E-state index is -1.12. The van der Waals surface area contributed by atoms with Gasteiger partial charge in [0.05, 0.1) is 12.2 Å². The van der Waals surface area contributed by atoms with Gasteiger partial charge in [0.25, 0.3) is 5.91 Å². The van der Waals surface area contributed by atoms with Gasteiger partial charge in [-0.3, -0.25) is 4.79 Å². The van der Waals surface area contributed by atoms with Gasteiger partial charge in [0.15, 0.2) is 0 Å². The Morgan fingerprint density at radius 3 is 2.49 bits per heavy atom. The van der Waals surface area contributed by atoms with E-state index in [0.29, 0.717) is 34.6 Å². The van der Waals surface area contributed by atoms with Crippen LogP contribution in [0, 0.1) is 5.92 Å². The van der Waals surface area contributed by atoms with Gasteiger partial charge in [-0.15, -0.1) is 11.8 Å². The minimum absolute atomic E-state index is 0.354. The first-order valence-corrected chi connectivity index (χ1v) is 14.2. The summed E-state index contributed by atoms with van der Waals surface area (Å²) in [4.78, 5) is 25.9. The van der Waals surface area contributed by atoms with Crippen LogP contribution in [0.2, 0.25) is 5.02 Å². The van der Waals surface area contributed by atoms with Crippen LogP contribution in [0.15, 0.2) is 60.7 Å². The van der Waals surface area contributed by atoms with E-state index in [-0.39, 0.29) is 0 Å². The van der Waals surface area contributed by atoms with Crippen LogP contribution in [0.4, 0.5) is 0 Å². The molecule has 4 rings (SSSR count). The van der Waals surface area contributed by atoms with Gasteiger partial charge in [0, 0.05) is 20.9 Å². The molecule has 0 radical (unpaired) electrons. The highest BCUT2D eigenvalue weighted by atomic mass is 35.5. The van der Waals surface area contributed by atoms with E-state index in [1.54, 1.807) is 6.07 Å². The van der Waals surface area contributed by atoms with Crippen molar-refractivity contribution in [1.82, 2.24) is 5.32 Å². The van der Waals surface area contributed by atoms with Gasteiger partial charge in [0.1, 0.15) is 11.8 Å². The Hall–Kier alpha value is -2.70. The average Bonchev–Trinajstić information content (AvgIpc) is 2.90. The van der Waals surface area contributed by atoms with E-state index in [1.165, 1.54) is 31.0 Å². The number of benzene rings is 3. The number of ether oxygens (including phenoxy) is 1. The first-order chi connectivity index (χ1) is 17.8. The molecule has 196 valence electrons. The van der Waals surface area contributed by atoms with E-state index in [9.17, 15) is 14.7 Å². The quantitative estimate of drug-likeness (QED) is 0.282. The lowest BCUT2D eigenvalue weighted by molar-refractivity contribution is -0.139. The fourth-order valence-corrected chi connectivity index (χ4v) is 6.22. The highest BCUT2D eigenvalue weighted by Gasteiger charge is 2.38. The molecular weight excluding hydrogens is 506 g/mol. The second-order valence-electron chi connectivity index (χ2n) is 10.2. The number of carboxylic acids is 1. The van der Waals surface area contributed by atoms with E-state index in [0.717, 1.165) is 29.2 Å². The molecule has 0 saturated heterocycles. The third-order valence-electron chi connectivity index (χ3n) is 7.09. The first kappa shape index (κ1) is 27.3. The minimum Gasteiger partial charge on any atom is -0.492 e. The zero-order valence-electron chi connectivity index (χ0n) is 21.3. The summed E-state index contributed by atoms with van der Waals surface area (Å²) in [6.45, 7) is 4.21. The summed E-state index contributed by atoms with van der Waals surface area (Å²) in [5.74, 6) is -0.0287. The Kier molecular flexibility index (Phi) is 9.04. The number of carboxylic acid groups (broad SMARTS) is 1. The SMILES string of the molecule is CC(C)(SCc1ccccc1Cl)[C@H](NC(=O)c1ccc2ccccc2c1OCC1CCCCC1)C(=O)O. The van der Waals surface area contributed by atoms with Crippen LogP contribution >= 0.6 is 23.4 Å². The third-order valence-corrected chi connectivity index (χ3v) is 8.89. The molecular formula is C30H34ClNO4S. The predicted octanol–water partition coefficient (Wildman–Crippen LogP) is 7.35. The number of aliphatic carboxylic acids is 1. The van der Waals surface area contributed by atoms with Gasteiger partial charge in [-0.25, -0.2) is 4.79 Å². The molecule has 0 aromatic heterocycles. The molecule has 2 N–H and O–H groups in total. The van der Waals surface area contributed by atoms with Crippen molar-refractivity contribution in [2.75, 3.05) is 6.61 Å². The second-order valence-corrected chi connectivity index (χ2v) is 12.2. The Balaban J connectivity index is 1.56. The normalized spacial score (nSPS) is 15.3. The number of carbonyl (C=O) groups excluding carboxylic acids is 1. The molecule has 1 saturated carbocycles. The number of rotatable bonds is 10. The van der Waals surface area contributed by atoms with E-state index in [1.807, 2.05) is 68.4 Å². The fraction of sp³-hybridized carbons (Fsp3) is 0.400. The van der Waals surface area contributed by atoms with E-state index in [4.69, 9.17) is 16.3 Å². The molecule has 1 amide bonds. The molecule has 0 unspecified atom stereocenters. The maximum absolute atomic E-state index is 13.6. The lowest BCUT2D eigenvalue weighted by atomic mass is 9.90. The fourth-order valence-electron chi connectivity index (χ4n) is 4.84. The summed E-state index contributed by atoms with van der Waals surface area (Å²) in [7, 11) is 0. The molecule has 5 nitrogen and oxygen atoms in total. The van der Waals surface area contributed by atoms with Crippen molar-refractivity contribution in [3.05, 3.63) is 76.8 Å². The standard InChI is InChI=1S/C30H34ClNO4S/c1-30(2,37-19-22-13-7-9-15-25(22)31)27(29(34)35)32-28(33)24-17-16-21-12-6-8-14-23(21)26(24)36-18-20-10-4-3-5-11-20/h6-9,12-17,20,27H,3-5,10-11,18-19H2,1-2H3,(H,32,33)(H,34,35)/t27-/m1/s1. The van der Waals surface area contributed by atoms with E-state index in [2.05, 4.69) is 5.32 Å². The van der Waals surface area contributed by atoms with Crippen molar-refractivity contribution >= 4 is 46.0 Å². The van der Waals surface area contributed by atoms with Crippen LogP contribution in [-0.4, -0.2) is 34.4 Å². The first-order valence-electron chi connectivity index (χ1n) is 12.8. The summed E-state index contributed by atoms with van der Waals surface area (Å²) in [5, 5.41) is 15.3. The number of hydrogen-bond donors (Lipinski definition) is 2. The average molecular weight is 540 g/mol. The summed E-state index contributed by atoms with van der Waals surface area (Å²) in [6, 6.07) is 17.8. The number of nitrogens with one attached hydrogen (secondary N) is 1. The lowest BCUT2D eigenvalue weighted by Gasteiger charge is -2.32. The molecule has 37 heavy (non-hydrogen) atoms. The molecule has 0 bridgehead atoms. The summed E-state index contributed by atoms with van der Waals surface area (Å²) < 4.78 is 5.52. The third kappa shape index (κ3) is 6.79. The maximum Gasteiger partial charge on any atom is 0.327 e. The summed E-state index contributed by atoms with van der Waals surface area (Å²) >= 11 is 7.74. The van der Waals surface area contributed by atoms with Crippen molar-refractivity contribution in [3.63, 3.8) is 0 Å². The highest BCUT2D eigenvalue weighted by Crippen LogP contribution is 2.35. The number of thioether (sulfide) groups is 1. The van der Waals surface area contributed by atoms with Gasteiger partial charge < -0.3 is 15.2 Å². The molecule has 1 fully saturated rings. The molecule has 1 aliphatic rings. The predicted molar refractivity (Wildman–Crippen MR) is 152 cm³/mol. The smallest absolute Gasteiger partial charge is 0.327 e. The van der Waals surface area contributed by atoms with Gasteiger partial charge in [0.2, 0.25) is 0 Å². The monoisotopic (exact) mass is 539 g/mol. The molecule has 3 aromatic rings. The Morgan fingerprint density at radius 2 is 1.76 bits per heavy atom. The van der Waals surface area contributed by atoms with Crippen LogP contribution in [-0.2, 0) is 10.5 Å². The molecule has 0 spiro atoms. The molecule has 1 atom stereocenters. The molecule has 0 heterocycles. The zero-order valence-corrected chi connectivity index (χ0v) is 22.9. The largest absolute Gasteiger partial charge is 0.492 e. The topological polar surface area (TPSA) is 75.6 Å². The van der Waals surface area contributed by atoms with E-state index >= 15 is 0 Å². The number of carbonyl (C=O) groups is 2. The molecule has 3 aromatic carbocycles. The number of halogens is 1. The van der Waals surface area contributed by atoms with Gasteiger partial charge in [-0.2, -0.15) is 0 Å². The van der Waals surface area contributed by atoms with Gasteiger partial charge >= 0.3 is 5.97 Å². The Labute approximate surface area is 227 Å². The van der Waals surface area contributed by atoms with Crippen molar-refractivity contribution in [1.29, 1.82) is 0 Å². The zero-order chi connectivity index (χ0) is 26.4. The Morgan fingerprint density at radius 1 is 1.05 bits per heavy atom. The Bertz CT molecular complexity index is 1260.